The summed E-state index contributed by atoms with van der Waals surface area (Å²) in [6, 6.07) is 5.62. The molecule has 2 amide bonds. The molecule has 4 rings (SSSR count). The number of amides is 2. The Kier molecular flexibility index (Phi) is 7.04. The quantitative estimate of drug-likeness (QED) is 0.543. The molecule has 11 nitrogen and oxygen atoms in total. The van der Waals surface area contributed by atoms with Crippen LogP contribution >= 0.6 is 0 Å². The van der Waals surface area contributed by atoms with Gasteiger partial charge < -0.3 is 25.0 Å². The van der Waals surface area contributed by atoms with E-state index in [1.54, 1.807) is 33.1 Å². The maximum Gasteiger partial charge on any atom is 0.242 e. The minimum absolute atomic E-state index is 0.0414. The summed E-state index contributed by atoms with van der Waals surface area (Å²) in [5.74, 6) is 1.46. The zero-order chi connectivity index (χ0) is 25.1. The predicted octanol–water partition coefficient (Wildman–Crippen LogP) is 2.12. The fourth-order valence-electron chi connectivity index (χ4n) is 4.46. The van der Waals surface area contributed by atoms with E-state index in [2.05, 4.69) is 9.97 Å². The van der Waals surface area contributed by atoms with Crippen molar-refractivity contribution in [3.8, 4) is 22.8 Å². The number of hydrogen-bond donors (Lipinski definition) is 1. The van der Waals surface area contributed by atoms with Crippen LogP contribution in [0.2, 0.25) is 0 Å². The van der Waals surface area contributed by atoms with E-state index in [0.29, 0.717) is 66.4 Å². The second-order valence-corrected chi connectivity index (χ2v) is 8.54. The molecule has 186 valence electrons. The minimum Gasteiger partial charge on any atom is -0.493 e. The van der Waals surface area contributed by atoms with E-state index in [0.717, 1.165) is 5.56 Å². The number of methoxy groups -OCH3 is 2. The predicted molar refractivity (Wildman–Crippen MR) is 131 cm³/mol. The fraction of sp³-hybridized carbons (Fsp3) is 0.458. The molecule has 0 radical (unpaired) electrons. The summed E-state index contributed by atoms with van der Waals surface area (Å²) in [5, 5.41) is 5.59. The molecule has 0 saturated carbocycles. The second-order valence-electron chi connectivity index (χ2n) is 8.54. The number of carbonyl (C=O) groups is 2. The summed E-state index contributed by atoms with van der Waals surface area (Å²) in [7, 11) is 4.83. The number of aromatic nitrogens is 4. The van der Waals surface area contributed by atoms with Crippen molar-refractivity contribution in [2.24, 2.45) is 0 Å². The van der Waals surface area contributed by atoms with Gasteiger partial charge >= 0.3 is 0 Å². The molecular formula is C24H31N7O4. The molecule has 35 heavy (non-hydrogen) atoms. The minimum atomic E-state index is -0.0457. The van der Waals surface area contributed by atoms with Crippen LogP contribution in [0.25, 0.3) is 22.3 Å². The van der Waals surface area contributed by atoms with Crippen molar-refractivity contribution in [2.45, 2.75) is 32.2 Å². The van der Waals surface area contributed by atoms with Gasteiger partial charge in [-0.1, -0.05) is 6.92 Å². The SMILES string of the molecule is CCC(=O)N(C)CC(=O)N1CCC(n2nc(-c3ccc(OC)c(OC)c3)c3c(N)ncnc32)CC1. The summed E-state index contributed by atoms with van der Waals surface area (Å²) in [5.41, 5.74) is 8.39. The van der Waals surface area contributed by atoms with Crippen molar-refractivity contribution in [1.82, 2.24) is 29.5 Å². The monoisotopic (exact) mass is 481 g/mol. The Morgan fingerprint density at radius 3 is 2.51 bits per heavy atom. The van der Waals surface area contributed by atoms with Crippen molar-refractivity contribution >= 4 is 28.7 Å². The summed E-state index contributed by atoms with van der Waals surface area (Å²) in [6.07, 6.45) is 3.24. The lowest BCUT2D eigenvalue weighted by Gasteiger charge is -2.33. The van der Waals surface area contributed by atoms with E-state index < -0.39 is 0 Å². The van der Waals surface area contributed by atoms with Crippen LogP contribution in [0.1, 0.15) is 32.2 Å². The van der Waals surface area contributed by atoms with Gasteiger partial charge in [0.1, 0.15) is 17.8 Å². The highest BCUT2D eigenvalue weighted by molar-refractivity contribution is 5.98. The highest BCUT2D eigenvalue weighted by Gasteiger charge is 2.28. The standard InChI is InChI=1S/C24H31N7O4/c1-5-19(32)29(2)13-20(33)30-10-8-16(9-11-30)31-24-21(23(25)26-14-27-24)22(28-31)15-6-7-17(34-3)18(12-15)35-4/h6-7,12,14,16H,5,8-11,13H2,1-4H3,(H2,25,26,27). The summed E-state index contributed by atoms with van der Waals surface area (Å²) in [6.45, 7) is 3.03. The normalized spacial score (nSPS) is 14.2. The van der Waals surface area contributed by atoms with Crippen LogP contribution in [0.4, 0.5) is 5.82 Å². The molecule has 3 aromatic rings. The molecule has 1 aliphatic heterocycles. The van der Waals surface area contributed by atoms with Crippen LogP contribution in [0.5, 0.6) is 11.5 Å². The molecule has 3 heterocycles. The van der Waals surface area contributed by atoms with E-state index in [1.807, 2.05) is 22.9 Å². The first kappa shape index (κ1) is 24.2. The largest absolute Gasteiger partial charge is 0.493 e. The Morgan fingerprint density at radius 1 is 1.14 bits per heavy atom. The Labute approximate surface area is 203 Å². The van der Waals surface area contributed by atoms with Crippen molar-refractivity contribution in [3.63, 3.8) is 0 Å². The number of nitrogens with zero attached hydrogens (tertiary/aromatic N) is 6. The molecule has 1 fully saturated rings. The molecule has 2 aromatic heterocycles. The molecule has 0 bridgehead atoms. The van der Waals surface area contributed by atoms with Crippen LogP contribution in [0.15, 0.2) is 24.5 Å². The van der Waals surface area contributed by atoms with Gasteiger partial charge in [-0.25, -0.2) is 14.6 Å². The number of ether oxygens (including phenoxy) is 2. The first-order chi connectivity index (χ1) is 16.9. The number of carbonyl (C=O) groups excluding carboxylic acids is 2. The van der Waals surface area contributed by atoms with Crippen molar-refractivity contribution in [1.29, 1.82) is 0 Å². The van der Waals surface area contributed by atoms with Crippen LogP contribution in [-0.2, 0) is 9.59 Å². The number of anilines is 1. The molecule has 0 spiro atoms. The smallest absolute Gasteiger partial charge is 0.242 e. The number of hydrogen-bond acceptors (Lipinski definition) is 8. The van der Waals surface area contributed by atoms with E-state index in [9.17, 15) is 9.59 Å². The number of nitrogen functional groups attached to an aromatic ring is 1. The summed E-state index contributed by atoms with van der Waals surface area (Å²) in [4.78, 5) is 36.5. The third kappa shape index (κ3) is 4.71. The molecule has 1 saturated heterocycles. The van der Waals surface area contributed by atoms with Gasteiger partial charge in [0, 0.05) is 32.1 Å². The number of likely N-dealkylation sites (N-methyl/N-ethyl adjacent to an activating group) is 1. The van der Waals surface area contributed by atoms with Crippen LogP contribution in [-0.4, -0.2) is 82.3 Å². The maximum atomic E-state index is 12.7. The molecule has 0 atom stereocenters. The lowest BCUT2D eigenvalue weighted by molar-refractivity contribution is -0.140. The second kappa shape index (κ2) is 10.2. The molecule has 1 aromatic carbocycles. The molecule has 0 unspecified atom stereocenters. The van der Waals surface area contributed by atoms with E-state index in [1.165, 1.54) is 11.2 Å². The van der Waals surface area contributed by atoms with Gasteiger partial charge in [-0.15, -0.1) is 0 Å². The Morgan fingerprint density at radius 2 is 1.86 bits per heavy atom. The number of fused-ring (bicyclic) bond motifs is 1. The van der Waals surface area contributed by atoms with Gasteiger partial charge in [0.05, 0.1) is 32.2 Å². The zero-order valence-electron chi connectivity index (χ0n) is 20.5. The zero-order valence-corrected chi connectivity index (χ0v) is 20.5. The summed E-state index contributed by atoms with van der Waals surface area (Å²) >= 11 is 0. The number of benzene rings is 1. The first-order valence-electron chi connectivity index (χ1n) is 11.6. The average molecular weight is 482 g/mol. The van der Waals surface area contributed by atoms with E-state index in [4.69, 9.17) is 20.3 Å². The summed E-state index contributed by atoms with van der Waals surface area (Å²) < 4.78 is 12.7. The van der Waals surface area contributed by atoms with E-state index in [-0.39, 0.29) is 24.4 Å². The van der Waals surface area contributed by atoms with Gasteiger partial charge in [-0.2, -0.15) is 5.10 Å². The van der Waals surface area contributed by atoms with Crippen LogP contribution < -0.4 is 15.2 Å². The molecule has 0 aliphatic carbocycles. The number of nitrogens with two attached hydrogens (primary N) is 1. The number of piperidine rings is 1. The Hall–Kier alpha value is -3.89. The van der Waals surface area contributed by atoms with Gasteiger partial charge in [0.2, 0.25) is 11.8 Å². The number of rotatable bonds is 7. The van der Waals surface area contributed by atoms with Crippen molar-refractivity contribution in [3.05, 3.63) is 24.5 Å². The highest BCUT2D eigenvalue weighted by atomic mass is 16.5. The van der Waals surface area contributed by atoms with Crippen LogP contribution in [0.3, 0.4) is 0 Å². The fourth-order valence-corrected chi connectivity index (χ4v) is 4.46. The average Bonchev–Trinajstić information content (AvgIpc) is 3.28. The van der Waals surface area contributed by atoms with Crippen LogP contribution in [0, 0.1) is 0 Å². The lowest BCUT2D eigenvalue weighted by Crippen LogP contribution is -2.44. The molecule has 2 N–H and O–H groups in total. The Balaban J connectivity index is 1.59. The molecular weight excluding hydrogens is 450 g/mol. The van der Waals surface area contributed by atoms with Gasteiger partial charge in [-0.3, -0.25) is 9.59 Å². The molecule has 11 heteroatoms. The maximum absolute atomic E-state index is 12.7. The Bertz CT molecular complexity index is 1230. The third-order valence-corrected chi connectivity index (χ3v) is 6.44. The van der Waals surface area contributed by atoms with Gasteiger partial charge in [0.25, 0.3) is 0 Å². The van der Waals surface area contributed by atoms with Crippen molar-refractivity contribution < 1.29 is 19.1 Å². The van der Waals surface area contributed by atoms with Gasteiger partial charge in [-0.05, 0) is 31.0 Å². The number of likely N-dealkylation sites (tertiary alicyclic amines) is 1. The third-order valence-electron chi connectivity index (χ3n) is 6.44. The van der Waals surface area contributed by atoms with Crippen molar-refractivity contribution in [2.75, 3.05) is 46.6 Å². The highest BCUT2D eigenvalue weighted by Crippen LogP contribution is 2.37. The van der Waals surface area contributed by atoms with E-state index >= 15 is 0 Å². The molecule has 1 aliphatic rings. The first-order valence-corrected chi connectivity index (χ1v) is 11.6. The van der Waals surface area contributed by atoms with Gasteiger partial charge in [0.15, 0.2) is 17.1 Å². The topological polar surface area (TPSA) is 129 Å². The lowest BCUT2D eigenvalue weighted by atomic mass is 10.0.